The fraction of sp³-hybridized carbons (Fsp3) is 0.235. The molecule has 0 radical (unpaired) electrons. The normalized spacial score (nSPS) is 10.3. The second kappa shape index (κ2) is 7.15. The van der Waals surface area contributed by atoms with Crippen LogP contribution in [-0.4, -0.2) is 18.6 Å². The molecule has 2 nitrogen and oxygen atoms in total. The van der Waals surface area contributed by atoms with Crippen LogP contribution >= 0.6 is 11.8 Å². The van der Waals surface area contributed by atoms with Crippen molar-refractivity contribution in [3.63, 3.8) is 0 Å². The molecule has 0 N–H and O–H groups in total. The molecule has 0 aromatic heterocycles. The highest BCUT2D eigenvalue weighted by molar-refractivity contribution is 8.00. The molecule has 0 saturated heterocycles. The summed E-state index contributed by atoms with van der Waals surface area (Å²) in [5.74, 6) is 1.38. The van der Waals surface area contributed by atoms with Crippen molar-refractivity contribution in [1.82, 2.24) is 0 Å². The number of ketones is 1. The van der Waals surface area contributed by atoms with Crippen LogP contribution in [0.2, 0.25) is 0 Å². The van der Waals surface area contributed by atoms with Crippen LogP contribution in [0.5, 0.6) is 5.75 Å². The minimum atomic E-state index is 0.142. The summed E-state index contributed by atoms with van der Waals surface area (Å²) in [4.78, 5) is 13.1. The highest BCUT2D eigenvalue weighted by atomic mass is 32.2. The van der Waals surface area contributed by atoms with Crippen LogP contribution in [-0.2, 0) is 6.42 Å². The number of rotatable bonds is 6. The first kappa shape index (κ1) is 14.7. The van der Waals surface area contributed by atoms with Crippen molar-refractivity contribution in [2.75, 3.05) is 12.9 Å². The van der Waals surface area contributed by atoms with E-state index in [9.17, 15) is 4.79 Å². The first-order valence-corrected chi connectivity index (χ1v) is 7.61. The number of para-hydroxylation sites is 1. The van der Waals surface area contributed by atoms with Gasteiger partial charge in [0.25, 0.3) is 0 Å². The Kier molecular flexibility index (Phi) is 5.24. The molecule has 0 bridgehead atoms. The molecule has 20 heavy (non-hydrogen) atoms. The Morgan fingerprint density at radius 3 is 2.45 bits per heavy atom. The maximum Gasteiger partial charge on any atom is 0.173 e. The van der Waals surface area contributed by atoms with Gasteiger partial charge < -0.3 is 4.74 Å². The number of carbonyl (C=O) groups excluding carboxylic acids is 1. The Balaban J connectivity index is 2.01. The highest BCUT2D eigenvalue weighted by Crippen LogP contribution is 2.29. The SMILES string of the molecule is CCc1ccc(C(=O)CSc2ccccc2OC)cc1. The van der Waals surface area contributed by atoms with Gasteiger partial charge in [0.15, 0.2) is 5.78 Å². The van der Waals surface area contributed by atoms with E-state index >= 15 is 0 Å². The smallest absolute Gasteiger partial charge is 0.173 e. The summed E-state index contributed by atoms with van der Waals surface area (Å²) in [6, 6.07) is 15.6. The van der Waals surface area contributed by atoms with Gasteiger partial charge in [0.2, 0.25) is 0 Å². The predicted octanol–water partition coefficient (Wildman–Crippen LogP) is 4.23. The van der Waals surface area contributed by atoms with Gasteiger partial charge in [-0.2, -0.15) is 0 Å². The number of thioether (sulfide) groups is 1. The zero-order valence-electron chi connectivity index (χ0n) is 11.8. The molecule has 0 aliphatic carbocycles. The summed E-state index contributed by atoms with van der Waals surface area (Å²) in [5, 5.41) is 0. The zero-order valence-corrected chi connectivity index (χ0v) is 12.6. The molecule has 0 unspecified atom stereocenters. The first-order chi connectivity index (χ1) is 9.74. The lowest BCUT2D eigenvalue weighted by atomic mass is 10.1. The summed E-state index contributed by atoms with van der Waals surface area (Å²) in [5.41, 5.74) is 2.02. The van der Waals surface area contributed by atoms with Gasteiger partial charge in [-0.15, -0.1) is 11.8 Å². The average Bonchev–Trinajstić information content (AvgIpc) is 2.53. The van der Waals surface area contributed by atoms with Crippen LogP contribution in [0.15, 0.2) is 53.4 Å². The van der Waals surface area contributed by atoms with Gasteiger partial charge in [-0.25, -0.2) is 0 Å². The molecule has 0 aliphatic rings. The average molecular weight is 286 g/mol. The van der Waals surface area contributed by atoms with Crippen molar-refractivity contribution in [3.05, 3.63) is 59.7 Å². The van der Waals surface area contributed by atoms with E-state index in [1.807, 2.05) is 48.5 Å². The van der Waals surface area contributed by atoms with Crippen LogP contribution in [0, 0.1) is 0 Å². The molecule has 2 aromatic carbocycles. The van der Waals surface area contributed by atoms with Crippen LogP contribution in [0.1, 0.15) is 22.8 Å². The summed E-state index contributed by atoms with van der Waals surface area (Å²) in [6.07, 6.45) is 0.991. The number of ether oxygens (including phenoxy) is 1. The summed E-state index contributed by atoms with van der Waals surface area (Å²) in [7, 11) is 1.64. The molecule has 0 fully saturated rings. The fourth-order valence-corrected chi connectivity index (χ4v) is 2.81. The molecule has 0 atom stereocenters. The zero-order chi connectivity index (χ0) is 14.4. The van der Waals surface area contributed by atoms with Crippen LogP contribution < -0.4 is 4.74 Å². The largest absolute Gasteiger partial charge is 0.496 e. The van der Waals surface area contributed by atoms with Gasteiger partial charge in [-0.1, -0.05) is 43.3 Å². The predicted molar refractivity (Wildman–Crippen MR) is 83.9 cm³/mol. The van der Waals surface area contributed by atoms with Crippen molar-refractivity contribution in [3.8, 4) is 5.75 Å². The Morgan fingerprint density at radius 2 is 1.80 bits per heavy atom. The fourth-order valence-electron chi connectivity index (χ4n) is 1.89. The first-order valence-electron chi connectivity index (χ1n) is 6.62. The molecular formula is C17H18O2S. The Bertz CT molecular complexity index is 576. The number of methoxy groups -OCH3 is 1. The quantitative estimate of drug-likeness (QED) is 0.587. The van der Waals surface area contributed by atoms with E-state index in [0.717, 1.165) is 22.6 Å². The van der Waals surface area contributed by atoms with E-state index < -0.39 is 0 Å². The molecule has 2 rings (SSSR count). The van der Waals surface area contributed by atoms with Crippen LogP contribution in [0.3, 0.4) is 0 Å². The molecule has 0 spiro atoms. The summed E-state index contributed by atoms with van der Waals surface area (Å²) < 4.78 is 5.28. The number of hydrogen-bond donors (Lipinski definition) is 0. The lowest BCUT2D eigenvalue weighted by molar-refractivity contribution is 0.102. The molecule has 0 amide bonds. The van der Waals surface area contributed by atoms with Crippen LogP contribution in [0.4, 0.5) is 0 Å². The van der Waals surface area contributed by atoms with E-state index in [2.05, 4.69) is 6.92 Å². The van der Waals surface area contributed by atoms with Crippen molar-refractivity contribution in [1.29, 1.82) is 0 Å². The third kappa shape index (κ3) is 3.64. The van der Waals surface area contributed by atoms with E-state index in [1.165, 1.54) is 17.3 Å². The van der Waals surface area contributed by atoms with E-state index in [0.29, 0.717) is 5.75 Å². The monoisotopic (exact) mass is 286 g/mol. The van der Waals surface area contributed by atoms with Crippen molar-refractivity contribution in [2.45, 2.75) is 18.2 Å². The minimum Gasteiger partial charge on any atom is -0.496 e. The standard InChI is InChI=1S/C17H18O2S/c1-3-13-8-10-14(11-9-13)15(18)12-20-17-7-5-4-6-16(17)19-2/h4-11H,3,12H2,1-2H3. The second-order valence-corrected chi connectivity index (χ2v) is 5.43. The number of hydrogen-bond acceptors (Lipinski definition) is 3. The number of aryl methyl sites for hydroxylation is 1. The third-order valence-electron chi connectivity index (χ3n) is 3.11. The van der Waals surface area contributed by atoms with Crippen molar-refractivity contribution < 1.29 is 9.53 Å². The maximum atomic E-state index is 12.2. The summed E-state index contributed by atoms with van der Waals surface area (Å²) >= 11 is 1.51. The minimum absolute atomic E-state index is 0.142. The van der Waals surface area contributed by atoms with Gasteiger partial charge in [-0.05, 0) is 24.1 Å². The van der Waals surface area contributed by atoms with Gasteiger partial charge in [0, 0.05) is 10.5 Å². The molecule has 3 heteroatoms. The highest BCUT2D eigenvalue weighted by Gasteiger charge is 2.09. The maximum absolute atomic E-state index is 12.2. The lowest BCUT2D eigenvalue weighted by Crippen LogP contribution is -2.02. The van der Waals surface area contributed by atoms with Crippen LogP contribution in [0.25, 0.3) is 0 Å². The van der Waals surface area contributed by atoms with Crippen molar-refractivity contribution >= 4 is 17.5 Å². The van der Waals surface area contributed by atoms with Gasteiger partial charge in [0.05, 0.1) is 12.9 Å². The molecular weight excluding hydrogens is 268 g/mol. The Labute approximate surface area is 124 Å². The number of benzene rings is 2. The van der Waals surface area contributed by atoms with Gasteiger partial charge in [0.1, 0.15) is 5.75 Å². The Morgan fingerprint density at radius 1 is 1.10 bits per heavy atom. The second-order valence-electron chi connectivity index (χ2n) is 4.41. The molecule has 0 aliphatic heterocycles. The molecule has 2 aromatic rings. The van der Waals surface area contributed by atoms with E-state index in [1.54, 1.807) is 7.11 Å². The Hall–Kier alpha value is -1.74. The summed E-state index contributed by atoms with van der Waals surface area (Å²) in [6.45, 7) is 2.11. The van der Waals surface area contributed by atoms with E-state index in [-0.39, 0.29) is 5.78 Å². The van der Waals surface area contributed by atoms with Crippen molar-refractivity contribution in [2.24, 2.45) is 0 Å². The number of carbonyl (C=O) groups is 1. The lowest BCUT2D eigenvalue weighted by Gasteiger charge is -2.07. The molecule has 0 saturated carbocycles. The molecule has 104 valence electrons. The van der Waals surface area contributed by atoms with Gasteiger partial charge in [-0.3, -0.25) is 4.79 Å². The van der Waals surface area contributed by atoms with Gasteiger partial charge >= 0.3 is 0 Å². The topological polar surface area (TPSA) is 26.3 Å². The third-order valence-corrected chi connectivity index (χ3v) is 4.17. The van der Waals surface area contributed by atoms with E-state index in [4.69, 9.17) is 4.74 Å². The number of Topliss-reactive ketones (excluding diaryl/α,β-unsaturated/α-hetero) is 1. The molecule has 0 heterocycles.